The van der Waals surface area contributed by atoms with E-state index in [9.17, 15) is 19.2 Å². The summed E-state index contributed by atoms with van der Waals surface area (Å²) in [5.74, 6) is -3.07. The quantitative estimate of drug-likeness (QED) is 0.0619. The Kier molecular flexibility index (Phi) is 13.3. The lowest BCUT2D eigenvalue weighted by Crippen LogP contribution is -2.56. The van der Waals surface area contributed by atoms with E-state index in [-0.39, 0.29) is 30.6 Å². The summed E-state index contributed by atoms with van der Waals surface area (Å²) in [5, 5.41) is 16.4. The van der Waals surface area contributed by atoms with Crippen LogP contribution in [0.4, 0.5) is 0 Å². The van der Waals surface area contributed by atoms with Crippen molar-refractivity contribution in [2.75, 3.05) is 12.3 Å². The lowest BCUT2D eigenvalue weighted by Gasteiger charge is -2.23. The van der Waals surface area contributed by atoms with E-state index in [0.717, 1.165) is 0 Å². The average Bonchev–Trinajstić information content (AvgIpc) is 2.66. The molecule has 0 fully saturated rings. The molecular formula is C18H35N7O5S. The molecule has 0 aromatic rings. The lowest BCUT2D eigenvalue weighted by atomic mass is 10.0. The Morgan fingerprint density at radius 1 is 0.968 bits per heavy atom. The molecule has 0 aliphatic carbocycles. The molecule has 178 valence electrons. The molecule has 4 unspecified atom stereocenters. The predicted octanol–water partition coefficient (Wildman–Crippen LogP) is -2.10. The van der Waals surface area contributed by atoms with Gasteiger partial charge >= 0.3 is 5.97 Å². The first kappa shape index (κ1) is 28.5. The van der Waals surface area contributed by atoms with E-state index < -0.39 is 47.9 Å². The van der Waals surface area contributed by atoms with Gasteiger partial charge in [0.1, 0.15) is 18.1 Å². The molecule has 0 saturated carbocycles. The zero-order valence-corrected chi connectivity index (χ0v) is 19.0. The van der Waals surface area contributed by atoms with Crippen molar-refractivity contribution in [1.29, 1.82) is 0 Å². The molecule has 3 amide bonds. The monoisotopic (exact) mass is 461 g/mol. The molecule has 0 aliphatic heterocycles. The van der Waals surface area contributed by atoms with Crippen LogP contribution in [0.3, 0.4) is 0 Å². The number of carbonyl (C=O) groups is 4. The second kappa shape index (κ2) is 14.5. The number of hydrogen-bond donors (Lipinski definition) is 8. The highest BCUT2D eigenvalue weighted by molar-refractivity contribution is 7.80. The van der Waals surface area contributed by atoms with Crippen molar-refractivity contribution >= 4 is 42.3 Å². The van der Waals surface area contributed by atoms with Gasteiger partial charge in [-0.1, -0.05) is 13.8 Å². The first-order valence-electron chi connectivity index (χ1n) is 9.94. The van der Waals surface area contributed by atoms with Gasteiger partial charge in [-0.05, 0) is 32.1 Å². The van der Waals surface area contributed by atoms with Gasteiger partial charge in [0.25, 0.3) is 0 Å². The highest BCUT2D eigenvalue weighted by Crippen LogP contribution is 2.05. The molecule has 0 aromatic heterocycles. The van der Waals surface area contributed by atoms with E-state index in [1.165, 1.54) is 6.92 Å². The molecule has 0 aromatic carbocycles. The summed E-state index contributed by atoms with van der Waals surface area (Å²) >= 11 is 3.87. The zero-order valence-electron chi connectivity index (χ0n) is 18.1. The molecule has 12 nitrogen and oxygen atoms in total. The minimum absolute atomic E-state index is 0.0912. The van der Waals surface area contributed by atoms with Gasteiger partial charge in [0.2, 0.25) is 17.7 Å². The minimum Gasteiger partial charge on any atom is -0.480 e. The van der Waals surface area contributed by atoms with Crippen LogP contribution in [0.15, 0.2) is 4.99 Å². The lowest BCUT2D eigenvalue weighted by molar-refractivity contribution is -0.141. The Balaban J connectivity index is 5.11. The third-order valence-corrected chi connectivity index (χ3v) is 4.55. The maximum atomic E-state index is 12.7. The number of carbonyl (C=O) groups excluding carboxylic acids is 3. The summed E-state index contributed by atoms with van der Waals surface area (Å²) in [5.41, 5.74) is 16.4. The average molecular weight is 462 g/mol. The Bertz CT molecular complexity index is 655. The van der Waals surface area contributed by atoms with Crippen LogP contribution in [0.25, 0.3) is 0 Å². The predicted molar refractivity (Wildman–Crippen MR) is 120 cm³/mol. The fourth-order valence-corrected chi connectivity index (χ4v) is 2.78. The van der Waals surface area contributed by atoms with Crippen LogP contribution < -0.4 is 33.2 Å². The van der Waals surface area contributed by atoms with Crippen molar-refractivity contribution in [2.45, 2.75) is 64.2 Å². The number of nitrogens with two attached hydrogens (primary N) is 3. The van der Waals surface area contributed by atoms with Gasteiger partial charge in [0.05, 0.1) is 6.04 Å². The number of hydrogen-bond acceptors (Lipinski definition) is 7. The molecule has 0 saturated heterocycles. The van der Waals surface area contributed by atoms with Crippen LogP contribution in [-0.2, 0) is 19.2 Å². The van der Waals surface area contributed by atoms with Gasteiger partial charge < -0.3 is 38.3 Å². The maximum absolute atomic E-state index is 12.7. The van der Waals surface area contributed by atoms with Crippen LogP contribution in [-0.4, -0.2) is 71.2 Å². The van der Waals surface area contributed by atoms with E-state index >= 15 is 0 Å². The summed E-state index contributed by atoms with van der Waals surface area (Å²) in [6.07, 6.45) is 1.02. The summed E-state index contributed by atoms with van der Waals surface area (Å²) in [4.78, 5) is 52.1. The van der Waals surface area contributed by atoms with E-state index in [4.69, 9.17) is 22.3 Å². The topological polar surface area (TPSA) is 215 Å². The van der Waals surface area contributed by atoms with E-state index in [1.54, 1.807) is 0 Å². The Hall–Kier alpha value is -2.54. The fraction of sp³-hybridized carbons (Fsp3) is 0.722. The number of guanidine groups is 1. The smallest absolute Gasteiger partial charge is 0.327 e. The molecule has 0 rings (SSSR count). The molecule has 0 aliphatic rings. The fourth-order valence-electron chi connectivity index (χ4n) is 2.53. The first-order valence-corrected chi connectivity index (χ1v) is 10.6. The van der Waals surface area contributed by atoms with Crippen molar-refractivity contribution in [3.63, 3.8) is 0 Å². The Morgan fingerprint density at radius 2 is 1.55 bits per heavy atom. The number of rotatable bonds is 14. The molecule has 0 heterocycles. The van der Waals surface area contributed by atoms with Gasteiger partial charge in [0.15, 0.2) is 5.96 Å². The van der Waals surface area contributed by atoms with Crippen LogP contribution in [0.1, 0.15) is 40.0 Å². The molecule has 0 radical (unpaired) electrons. The number of amides is 3. The first-order chi connectivity index (χ1) is 14.4. The minimum atomic E-state index is -1.24. The normalized spacial score (nSPS) is 14.6. The maximum Gasteiger partial charge on any atom is 0.327 e. The third kappa shape index (κ3) is 12.0. The van der Waals surface area contributed by atoms with E-state index in [2.05, 4.69) is 33.6 Å². The van der Waals surface area contributed by atoms with Crippen molar-refractivity contribution in [3.8, 4) is 0 Å². The van der Waals surface area contributed by atoms with Gasteiger partial charge in [-0.3, -0.25) is 19.4 Å². The zero-order chi connectivity index (χ0) is 24.1. The highest BCUT2D eigenvalue weighted by atomic mass is 32.1. The second-order valence-corrected chi connectivity index (χ2v) is 7.92. The molecule has 4 atom stereocenters. The summed E-state index contributed by atoms with van der Waals surface area (Å²) in [7, 11) is 0. The van der Waals surface area contributed by atoms with Crippen molar-refractivity contribution in [1.82, 2.24) is 16.0 Å². The van der Waals surface area contributed by atoms with Crippen LogP contribution in [0, 0.1) is 5.92 Å². The van der Waals surface area contributed by atoms with Gasteiger partial charge in [0, 0.05) is 12.3 Å². The van der Waals surface area contributed by atoms with Crippen molar-refractivity contribution in [2.24, 2.45) is 28.1 Å². The SMILES string of the molecule is CC(C)CC(N)C(=O)NC(CCCN=C(N)N)C(=O)NC(C)C(=O)NC(CS)C(=O)O. The van der Waals surface area contributed by atoms with E-state index in [1.807, 2.05) is 13.8 Å². The van der Waals surface area contributed by atoms with Crippen molar-refractivity contribution < 1.29 is 24.3 Å². The standard InChI is InChI=1S/C18H35N7O5S/c1-9(2)7-11(19)15(27)24-12(5-4-6-22-18(20)21)16(28)23-10(3)14(26)25-13(8-31)17(29)30/h9-13,31H,4-8,19H2,1-3H3,(H,23,28)(H,24,27)(H,25,26)(H,29,30)(H4,20,21,22). The highest BCUT2D eigenvalue weighted by Gasteiger charge is 2.28. The molecular weight excluding hydrogens is 426 g/mol. The van der Waals surface area contributed by atoms with Crippen LogP contribution in [0.5, 0.6) is 0 Å². The van der Waals surface area contributed by atoms with E-state index in [0.29, 0.717) is 12.8 Å². The molecule has 0 spiro atoms. The Morgan fingerprint density at radius 3 is 2.03 bits per heavy atom. The summed E-state index contributed by atoms with van der Waals surface area (Å²) in [6.45, 7) is 5.48. The summed E-state index contributed by atoms with van der Waals surface area (Å²) < 4.78 is 0. The van der Waals surface area contributed by atoms with Crippen LogP contribution >= 0.6 is 12.6 Å². The number of carboxylic acid groups (broad SMARTS) is 1. The molecule has 10 N–H and O–H groups in total. The molecule has 0 bridgehead atoms. The van der Waals surface area contributed by atoms with Gasteiger partial charge in [-0.2, -0.15) is 12.6 Å². The number of aliphatic carboxylic acids is 1. The van der Waals surface area contributed by atoms with Gasteiger partial charge in [-0.15, -0.1) is 0 Å². The second-order valence-electron chi connectivity index (χ2n) is 7.56. The number of nitrogens with zero attached hydrogens (tertiary/aromatic N) is 1. The number of carboxylic acids is 1. The van der Waals surface area contributed by atoms with Gasteiger partial charge in [-0.25, -0.2) is 4.79 Å². The number of nitrogens with one attached hydrogen (secondary N) is 3. The third-order valence-electron chi connectivity index (χ3n) is 4.19. The largest absolute Gasteiger partial charge is 0.480 e. The van der Waals surface area contributed by atoms with Crippen LogP contribution in [0.2, 0.25) is 0 Å². The Labute approximate surface area is 187 Å². The van der Waals surface area contributed by atoms with Crippen molar-refractivity contribution in [3.05, 3.63) is 0 Å². The molecule has 13 heteroatoms. The molecule has 31 heavy (non-hydrogen) atoms. The number of aliphatic imine (C=N–C) groups is 1. The number of thiol groups is 1. The summed E-state index contributed by atoms with van der Waals surface area (Å²) in [6, 6.07) is -4.01.